The lowest BCUT2D eigenvalue weighted by Gasteiger charge is -2.12. The zero-order valence-electron chi connectivity index (χ0n) is 16.8. The van der Waals surface area contributed by atoms with Crippen molar-refractivity contribution in [1.82, 2.24) is 14.4 Å². The van der Waals surface area contributed by atoms with Gasteiger partial charge in [-0.15, -0.1) is 0 Å². The van der Waals surface area contributed by atoms with Crippen LogP contribution in [-0.2, 0) is 12.8 Å². The summed E-state index contributed by atoms with van der Waals surface area (Å²) in [6.07, 6.45) is 7.75. The van der Waals surface area contributed by atoms with E-state index in [1.807, 2.05) is 24.7 Å². The lowest BCUT2D eigenvalue weighted by atomic mass is 9.93. The number of rotatable bonds is 0. The van der Waals surface area contributed by atoms with Crippen molar-refractivity contribution in [3.63, 3.8) is 0 Å². The van der Waals surface area contributed by atoms with E-state index < -0.39 is 0 Å². The van der Waals surface area contributed by atoms with Gasteiger partial charge in [-0.25, -0.2) is 9.97 Å². The Kier molecular flexibility index (Phi) is 2.74. The van der Waals surface area contributed by atoms with Crippen molar-refractivity contribution in [2.75, 3.05) is 0 Å². The summed E-state index contributed by atoms with van der Waals surface area (Å²) in [7, 11) is 0. The highest BCUT2D eigenvalue weighted by molar-refractivity contribution is 6.13. The van der Waals surface area contributed by atoms with Gasteiger partial charge in [-0.05, 0) is 87.0 Å². The fraction of sp³-hybridized carbons (Fsp3) is 0.0714. The zero-order valence-corrected chi connectivity index (χ0v) is 16.8. The molecule has 0 unspecified atom stereocenters. The molecule has 3 aromatic carbocycles. The predicted octanol–water partition coefficient (Wildman–Crippen LogP) is 6.18. The Morgan fingerprint density at radius 1 is 0.613 bits per heavy atom. The summed E-state index contributed by atoms with van der Waals surface area (Å²) < 4.78 is 2.11. The Bertz CT molecular complexity index is 1740. The minimum absolute atomic E-state index is 0.964. The van der Waals surface area contributed by atoms with Gasteiger partial charge in [0.1, 0.15) is 11.3 Å². The van der Waals surface area contributed by atoms with Crippen LogP contribution in [0, 0.1) is 0 Å². The normalized spacial score (nSPS) is 13.5. The molecule has 0 saturated carbocycles. The molecule has 3 heteroatoms. The van der Waals surface area contributed by atoms with Crippen LogP contribution in [0.3, 0.4) is 0 Å². The smallest absolute Gasteiger partial charge is 0.146 e. The molecule has 8 rings (SSSR count). The Morgan fingerprint density at radius 3 is 2.52 bits per heavy atom. The van der Waals surface area contributed by atoms with Crippen LogP contribution in [0.4, 0.5) is 0 Å². The Balaban J connectivity index is 1.49. The third kappa shape index (κ3) is 1.89. The molecule has 3 heterocycles. The fourth-order valence-corrected chi connectivity index (χ4v) is 5.85. The molecule has 0 spiro atoms. The summed E-state index contributed by atoms with van der Waals surface area (Å²) in [4.78, 5) is 9.36. The third-order valence-corrected chi connectivity index (χ3v) is 7.15. The Labute approximate surface area is 178 Å². The second-order valence-electron chi connectivity index (χ2n) is 8.69. The highest BCUT2D eigenvalue weighted by atomic mass is 15.0. The quantitative estimate of drug-likeness (QED) is 0.287. The van der Waals surface area contributed by atoms with Gasteiger partial charge in [0, 0.05) is 29.4 Å². The van der Waals surface area contributed by atoms with Crippen LogP contribution in [-0.4, -0.2) is 14.4 Å². The highest BCUT2D eigenvalue weighted by Gasteiger charge is 2.29. The number of fused-ring (bicyclic) bond motifs is 13. The van der Waals surface area contributed by atoms with Crippen LogP contribution in [0.25, 0.3) is 49.7 Å². The average molecular weight is 395 g/mol. The van der Waals surface area contributed by atoms with E-state index in [9.17, 15) is 0 Å². The van der Waals surface area contributed by atoms with Crippen LogP contribution < -0.4 is 0 Å². The average Bonchev–Trinajstić information content (AvgIpc) is 3.52. The van der Waals surface area contributed by atoms with Gasteiger partial charge in [-0.1, -0.05) is 36.4 Å². The second kappa shape index (κ2) is 5.38. The molecule has 6 aromatic rings. The number of benzene rings is 3. The molecule has 144 valence electrons. The summed E-state index contributed by atoms with van der Waals surface area (Å²) >= 11 is 0. The maximum atomic E-state index is 4.68. The molecule has 2 aliphatic carbocycles. The Morgan fingerprint density at radius 2 is 1.52 bits per heavy atom. The van der Waals surface area contributed by atoms with E-state index in [1.165, 1.54) is 60.7 Å². The molecular weight excluding hydrogens is 378 g/mol. The van der Waals surface area contributed by atoms with E-state index in [1.54, 1.807) is 0 Å². The summed E-state index contributed by atoms with van der Waals surface area (Å²) in [6, 6.07) is 22.5. The van der Waals surface area contributed by atoms with Crippen LogP contribution in [0.5, 0.6) is 0 Å². The first kappa shape index (κ1) is 15.8. The molecule has 3 aromatic heterocycles. The summed E-state index contributed by atoms with van der Waals surface area (Å²) in [5.41, 5.74) is 13.3. The van der Waals surface area contributed by atoms with Crippen molar-refractivity contribution in [3.8, 4) is 22.3 Å². The summed E-state index contributed by atoms with van der Waals surface area (Å²) in [5.74, 6) is 0. The first-order valence-corrected chi connectivity index (χ1v) is 10.8. The molecule has 0 radical (unpaired) electrons. The topological polar surface area (TPSA) is 30.2 Å². The van der Waals surface area contributed by atoms with Crippen LogP contribution in [0.15, 0.2) is 79.3 Å². The minimum atomic E-state index is 0.964. The van der Waals surface area contributed by atoms with Crippen molar-refractivity contribution >= 4 is 27.5 Å². The summed E-state index contributed by atoms with van der Waals surface area (Å²) in [6.45, 7) is 0. The lowest BCUT2D eigenvalue weighted by Crippen LogP contribution is -1.94. The SMILES string of the molecule is c1ccc2c(c1)Cc1c-2ccc2c1-c1cc3c4cccnc4n4ccnc4c3cc1C2. The molecular formula is C28H17N3. The zero-order chi connectivity index (χ0) is 20.1. The third-order valence-electron chi connectivity index (χ3n) is 7.15. The molecule has 0 atom stereocenters. The van der Waals surface area contributed by atoms with E-state index >= 15 is 0 Å². The van der Waals surface area contributed by atoms with Crippen LogP contribution in [0.2, 0.25) is 0 Å². The van der Waals surface area contributed by atoms with Gasteiger partial charge in [-0.2, -0.15) is 0 Å². The minimum Gasteiger partial charge on any atom is -0.283 e. The number of aromatic nitrogens is 3. The van der Waals surface area contributed by atoms with Gasteiger partial charge in [0.05, 0.1) is 0 Å². The number of nitrogens with zero attached hydrogens (tertiary/aromatic N) is 3. The maximum Gasteiger partial charge on any atom is 0.146 e. The Hall–Kier alpha value is -3.98. The standard InChI is InChI=1S/C28H17N3/c1-2-5-19-16(4-1)13-24-20(19)8-7-17-12-18-14-25-23(15-22(18)26(17)24)21-6-3-9-29-27(21)31-11-10-30-28(25)31/h1-11,14-15H,12-13H2. The fourth-order valence-electron chi connectivity index (χ4n) is 5.85. The van der Waals surface area contributed by atoms with Gasteiger partial charge in [0.2, 0.25) is 0 Å². The van der Waals surface area contributed by atoms with E-state index in [-0.39, 0.29) is 0 Å². The van der Waals surface area contributed by atoms with Gasteiger partial charge < -0.3 is 0 Å². The molecule has 0 N–H and O–H groups in total. The first-order valence-electron chi connectivity index (χ1n) is 10.8. The van der Waals surface area contributed by atoms with Crippen molar-refractivity contribution in [2.45, 2.75) is 12.8 Å². The van der Waals surface area contributed by atoms with Crippen LogP contribution >= 0.6 is 0 Å². The van der Waals surface area contributed by atoms with Crippen LogP contribution in [0.1, 0.15) is 22.3 Å². The van der Waals surface area contributed by atoms with E-state index in [0.29, 0.717) is 0 Å². The molecule has 0 bridgehead atoms. The molecule has 2 aliphatic rings. The van der Waals surface area contributed by atoms with Gasteiger partial charge in [-0.3, -0.25) is 4.40 Å². The summed E-state index contributed by atoms with van der Waals surface area (Å²) in [5, 5.41) is 3.62. The van der Waals surface area contributed by atoms with E-state index in [4.69, 9.17) is 0 Å². The number of imidazole rings is 1. The van der Waals surface area contributed by atoms with Gasteiger partial charge in [0.25, 0.3) is 0 Å². The van der Waals surface area contributed by atoms with E-state index in [0.717, 1.165) is 24.1 Å². The van der Waals surface area contributed by atoms with E-state index in [2.05, 4.69) is 69.0 Å². The molecule has 0 saturated heterocycles. The predicted molar refractivity (Wildman–Crippen MR) is 124 cm³/mol. The van der Waals surface area contributed by atoms with Crippen molar-refractivity contribution in [2.24, 2.45) is 0 Å². The highest BCUT2D eigenvalue weighted by Crippen LogP contribution is 2.48. The monoisotopic (exact) mass is 395 g/mol. The van der Waals surface area contributed by atoms with Gasteiger partial charge in [0.15, 0.2) is 0 Å². The van der Waals surface area contributed by atoms with Crippen molar-refractivity contribution < 1.29 is 0 Å². The largest absolute Gasteiger partial charge is 0.283 e. The maximum absolute atomic E-state index is 4.68. The number of hydrogen-bond donors (Lipinski definition) is 0. The molecule has 31 heavy (non-hydrogen) atoms. The molecule has 3 nitrogen and oxygen atoms in total. The number of pyridine rings is 2. The lowest BCUT2D eigenvalue weighted by molar-refractivity contribution is 1.20. The van der Waals surface area contributed by atoms with Crippen molar-refractivity contribution in [3.05, 3.63) is 102 Å². The van der Waals surface area contributed by atoms with Gasteiger partial charge >= 0.3 is 0 Å². The second-order valence-corrected chi connectivity index (χ2v) is 8.69. The number of hydrogen-bond acceptors (Lipinski definition) is 2. The first-order chi connectivity index (χ1) is 15.4. The molecule has 0 aliphatic heterocycles. The molecule has 0 amide bonds. The van der Waals surface area contributed by atoms with Crippen molar-refractivity contribution in [1.29, 1.82) is 0 Å². The molecule has 0 fully saturated rings.